The van der Waals surface area contributed by atoms with Crippen LogP contribution in [0.4, 0.5) is 5.69 Å². The summed E-state index contributed by atoms with van der Waals surface area (Å²) < 4.78 is 12.6. The normalized spacial score (nSPS) is 11.8. The third-order valence-electron chi connectivity index (χ3n) is 7.09. The molecule has 226 valence electrons. The first-order chi connectivity index (χ1) is 20.3. The summed E-state index contributed by atoms with van der Waals surface area (Å²) in [5, 5.41) is 0. The van der Waals surface area contributed by atoms with Crippen molar-refractivity contribution in [1.29, 1.82) is 0 Å². The van der Waals surface area contributed by atoms with Crippen LogP contribution in [0.15, 0.2) is 65.5 Å². The Balaban J connectivity index is 1.84. The first kappa shape index (κ1) is 32.6. The zero-order valence-electron chi connectivity index (χ0n) is 25.7. The lowest BCUT2D eigenvalue weighted by atomic mass is 10.1. The van der Waals surface area contributed by atoms with Crippen molar-refractivity contribution >= 4 is 17.6 Å². The van der Waals surface area contributed by atoms with Crippen LogP contribution < -0.4 is 15.2 Å². The maximum absolute atomic E-state index is 13.8. The second-order valence-electron chi connectivity index (χ2n) is 10.7. The van der Waals surface area contributed by atoms with Crippen LogP contribution in [0.25, 0.3) is 11.3 Å². The molecule has 1 aromatic heterocycles. The molecule has 0 N–H and O–H groups in total. The number of rotatable bonds is 16. The van der Waals surface area contributed by atoms with E-state index in [4.69, 9.17) is 14.5 Å². The average molecular weight is 576 g/mol. The Labute approximate surface area is 249 Å². The minimum atomic E-state index is -0.724. The molecule has 3 rings (SSSR count). The fraction of sp³-hybridized carbons (Fsp3) is 0.471. The van der Waals surface area contributed by atoms with Crippen molar-refractivity contribution in [1.82, 2.24) is 9.55 Å². The Morgan fingerprint density at radius 3 is 2.24 bits per heavy atom. The molecule has 1 atom stereocenters. The number of ether oxygens (including phenoxy) is 2. The van der Waals surface area contributed by atoms with E-state index in [0.717, 1.165) is 37.7 Å². The number of hydrogen-bond donors (Lipinski definition) is 0. The highest BCUT2D eigenvalue weighted by Crippen LogP contribution is 2.24. The van der Waals surface area contributed by atoms with Gasteiger partial charge >= 0.3 is 5.97 Å². The molecule has 0 bridgehead atoms. The summed E-state index contributed by atoms with van der Waals surface area (Å²) in [4.78, 5) is 45.8. The van der Waals surface area contributed by atoms with Gasteiger partial charge in [0.15, 0.2) is 6.10 Å². The molecule has 0 aliphatic carbocycles. The number of carbonyl (C=O) groups is 2. The number of hydrogen-bond acceptors (Lipinski definition) is 6. The lowest BCUT2D eigenvalue weighted by molar-refractivity contribution is -0.153. The van der Waals surface area contributed by atoms with Gasteiger partial charge in [0.2, 0.25) is 5.91 Å². The molecule has 0 saturated carbocycles. The van der Waals surface area contributed by atoms with Gasteiger partial charge in [-0.25, -0.2) is 9.78 Å². The molecule has 1 amide bonds. The lowest BCUT2D eigenvalue weighted by Crippen LogP contribution is -2.38. The number of aromatic nitrogens is 2. The van der Waals surface area contributed by atoms with E-state index >= 15 is 0 Å². The quantitative estimate of drug-likeness (QED) is 0.144. The van der Waals surface area contributed by atoms with E-state index in [1.165, 1.54) is 10.6 Å². The molecule has 0 aliphatic rings. The topological polar surface area (TPSA) is 90.7 Å². The van der Waals surface area contributed by atoms with E-state index in [0.29, 0.717) is 35.9 Å². The number of anilines is 1. The van der Waals surface area contributed by atoms with Crippen LogP contribution in [0.2, 0.25) is 0 Å². The van der Waals surface area contributed by atoms with Gasteiger partial charge in [-0.15, -0.1) is 0 Å². The predicted molar refractivity (Wildman–Crippen MR) is 167 cm³/mol. The molecular formula is C34H45N3O5. The number of nitrogens with zero attached hydrogens (tertiary/aromatic N) is 3. The van der Waals surface area contributed by atoms with Crippen LogP contribution in [0.1, 0.15) is 72.5 Å². The third-order valence-corrected chi connectivity index (χ3v) is 7.09. The van der Waals surface area contributed by atoms with Crippen molar-refractivity contribution in [2.75, 3.05) is 18.1 Å². The molecule has 0 aliphatic heterocycles. The molecule has 1 heterocycles. The van der Waals surface area contributed by atoms with Gasteiger partial charge in [-0.1, -0.05) is 83.7 Å². The smallest absolute Gasteiger partial charge is 0.347 e. The zero-order valence-corrected chi connectivity index (χ0v) is 25.7. The summed E-state index contributed by atoms with van der Waals surface area (Å²) in [6, 6.07) is 18.2. The molecule has 0 fully saturated rings. The largest absolute Gasteiger partial charge is 0.478 e. The Hall–Kier alpha value is -3.94. The van der Waals surface area contributed by atoms with Gasteiger partial charge in [0, 0.05) is 36.2 Å². The second-order valence-corrected chi connectivity index (χ2v) is 10.7. The highest BCUT2D eigenvalue weighted by Gasteiger charge is 2.26. The van der Waals surface area contributed by atoms with Gasteiger partial charge in [0.1, 0.15) is 18.1 Å². The minimum Gasteiger partial charge on any atom is -0.478 e. The Bertz CT molecular complexity index is 1340. The standard InChI is InChI=1S/C34H45N3O5/c1-6-9-10-11-15-22-36(27-18-20-28(21-19-27)42-33(25(4)5)34(40)41-8-3)32(39)24-37-30(7-2)35-29(23-31(37)38)26-16-13-12-14-17-26/h12-14,16-21,23,25,33H,6-11,15,22,24H2,1-5H3/t33-/m1/s1. The van der Waals surface area contributed by atoms with Crippen LogP contribution in [-0.4, -0.2) is 40.7 Å². The highest BCUT2D eigenvalue weighted by atomic mass is 16.6. The highest BCUT2D eigenvalue weighted by molar-refractivity contribution is 5.93. The monoisotopic (exact) mass is 575 g/mol. The van der Waals surface area contributed by atoms with Crippen molar-refractivity contribution in [2.24, 2.45) is 5.92 Å². The van der Waals surface area contributed by atoms with Gasteiger partial charge in [0.25, 0.3) is 5.56 Å². The number of esters is 1. The number of aryl methyl sites for hydroxylation is 1. The van der Waals surface area contributed by atoms with E-state index in [1.807, 2.05) is 63.2 Å². The number of amides is 1. The number of benzene rings is 2. The van der Waals surface area contributed by atoms with Crippen molar-refractivity contribution < 1.29 is 19.1 Å². The SMILES string of the molecule is CCCCCCCN(C(=O)Cn1c(CC)nc(-c2ccccc2)cc1=O)c1ccc(O[C@@H](C(=O)OCC)C(C)C)cc1. The summed E-state index contributed by atoms with van der Waals surface area (Å²) in [5.41, 5.74) is 1.92. The molecule has 8 nitrogen and oxygen atoms in total. The zero-order chi connectivity index (χ0) is 30.5. The van der Waals surface area contributed by atoms with Gasteiger partial charge in [-0.05, 0) is 37.6 Å². The molecule has 0 unspecified atom stereocenters. The Morgan fingerprint density at radius 1 is 0.929 bits per heavy atom. The van der Waals surface area contributed by atoms with Crippen LogP contribution in [0.5, 0.6) is 5.75 Å². The molecule has 0 saturated heterocycles. The molecule has 8 heteroatoms. The van der Waals surface area contributed by atoms with Crippen molar-refractivity contribution in [2.45, 2.75) is 85.8 Å². The molecular weight excluding hydrogens is 530 g/mol. The van der Waals surface area contributed by atoms with E-state index in [9.17, 15) is 14.4 Å². The van der Waals surface area contributed by atoms with Gasteiger partial charge in [-0.3, -0.25) is 14.2 Å². The molecule has 3 aromatic rings. The maximum Gasteiger partial charge on any atom is 0.347 e. The van der Waals surface area contributed by atoms with E-state index in [2.05, 4.69) is 6.92 Å². The minimum absolute atomic E-state index is 0.0714. The van der Waals surface area contributed by atoms with Gasteiger partial charge in [-0.2, -0.15) is 0 Å². The van der Waals surface area contributed by atoms with Crippen molar-refractivity contribution in [3.05, 3.63) is 76.8 Å². The van der Waals surface area contributed by atoms with Crippen molar-refractivity contribution in [3.8, 4) is 17.0 Å². The fourth-order valence-corrected chi connectivity index (χ4v) is 4.77. The first-order valence-electron chi connectivity index (χ1n) is 15.2. The Kier molecular flexibility index (Phi) is 12.8. The van der Waals surface area contributed by atoms with Crippen LogP contribution in [0, 0.1) is 5.92 Å². The van der Waals surface area contributed by atoms with Crippen molar-refractivity contribution in [3.63, 3.8) is 0 Å². The lowest BCUT2D eigenvalue weighted by Gasteiger charge is -2.25. The second kappa shape index (κ2) is 16.5. The summed E-state index contributed by atoms with van der Waals surface area (Å²) in [5.74, 6) is 0.435. The van der Waals surface area contributed by atoms with E-state index < -0.39 is 12.1 Å². The van der Waals surface area contributed by atoms with Crippen LogP contribution in [-0.2, 0) is 27.3 Å². The molecule has 0 radical (unpaired) electrons. The van der Waals surface area contributed by atoms with E-state index in [-0.39, 0.29) is 30.5 Å². The molecule has 2 aromatic carbocycles. The van der Waals surface area contributed by atoms with Gasteiger partial charge < -0.3 is 14.4 Å². The average Bonchev–Trinajstić information content (AvgIpc) is 2.99. The molecule has 0 spiro atoms. The number of unbranched alkanes of at least 4 members (excludes halogenated alkanes) is 4. The summed E-state index contributed by atoms with van der Waals surface area (Å²) in [7, 11) is 0. The maximum atomic E-state index is 13.8. The number of carbonyl (C=O) groups excluding carboxylic acids is 2. The van der Waals surface area contributed by atoms with Crippen LogP contribution in [0.3, 0.4) is 0 Å². The Morgan fingerprint density at radius 2 is 1.62 bits per heavy atom. The summed E-state index contributed by atoms with van der Waals surface area (Å²) >= 11 is 0. The summed E-state index contributed by atoms with van der Waals surface area (Å²) in [6.45, 7) is 10.4. The first-order valence-corrected chi connectivity index (χ1v) is 15.2. The van der Waals surface area contributed by atoms with Gasteiger partial charge in [0.05, 0.1) is 12.3 Å². The fourth-order valence-electron chi connectivity index (χ4n) is 4.77. The molecule has 42 heavy (non-hydrogen) atoms. The third kappa shape index (κ3) is 9.03. The predicted octanol–water partition coefficient (Wildman–Crippen LogP) is 6.44. The van der Waals surface area contributed by atoms with E-state index in [1.54, 1.807) is 24.0 Å². The van der Waals surface area contributed by atoms with Crippen LogP contribution >= 0.6 is 0 Å². The summed E-state index contributed by atoms with van der Waals surface area (Å²) in [6.07, 6.45) is 5.07.